The standard InChI is InChI=1S/C85H142N2.Pd/c1-4-7-10-13-16-19-21-23-25-27-29-31-33-35-37-39-41-43-45-47-49-51-53-55-58-60-63-66-73-81-75-69-71-78-84(81)86-80-83(77-68-65-62-57-18-15-12-9-6-3)87-85-79-72-70-76-82(85)74-67-64-61-59-56-54-52-50-48-46-44-42-40-38-36-34-32-30-28-26-24-22-20-17-14-11-8-5-2;/h69-72,75-76,78-80H,4-57,62-67,73-74H2,1-3H3;. The predicted molar refractivity (Wildman–Crippen MR) is 393 cm³/mol. The van der Waals surface area contributed by atoms with Crippen LogP contribution in [-0.4, -0.2) is 11.9 Å². The van der Waals surface area contributed by atoms with Gasteiger partial charge in [-0.1, -0.05) is 384 Å². The summed E-state index contributed by atoms with van der Waals surface area (Å²) in [6.07, 6.45) is 85.7. The van der Waals surface area contributed by atoms with Crippen molar-refractivity contribution in [2.45, 2.75) is 419 Å². The minimum absolute atomic E-state index is 0. The number of rotatable bonds is 62. The van der Waals surface area contributed by atoms with E-state index in [0.29, 0.717) is 0 Å². The van der Waals surface area contributed by atoms with Gasteiger partial charge in [0.15, 0.2) is 0 Å². The van der Waals surface area contributed by atoms with Gasteiger partial charge in [-0.25, -0.2) is 4.99 Å². The van der Waals surface area contributed by atoms with Gasteiger partial charge in [-0.15, -0.1) is 23.7 Å². The van der Waals surface area contributed by atoms with Crippen LogP contribution in [0.1, 0.15) is 417 Å². The van der Waals surface area contributed by atoms with Gasteiger partial charge in [0, 0.05) is 52.5 Å². The zero-order valence-corrected chi connectivity index (χ0v) is 60.3. The van der Waals surface area contributed by atoms with Crippen molar-refractivity contribution in [2.24, 2.45) is 9.98 Å². The molecule has 2 rings (SSSR count). The van der Waals surface area contributed by atoms with Crippen molar-refractivity contribution in [3.8, 4) is 35.5 Å². The number of benzene rings is 2. The monoisotopic (exact) mass is 1300 g/mol. The Balaban J connectivity index is 0.0000387. The molecule has 3 heteroatoms. The molecule has 0 heterocycles. The Morgan fingerprint density at radius 3 is 0.795 bits per heavy atom. The summed E-state index contributed by atoms with van der Waals surface area (Å²) in [5.74, 6) is 20.9. The van der Waals surface area contributed by atoms with E-state index in [-0.39, 0.29) is 20.4 Å². The third-order valence-corrected chi connectivity index (χ3v) is 18.2. The van der Waals surface area contributed by atoms with Crippen LogP contribution in [0.25, 0.3) is 0 Å². The number of unbranched alkanes of at least 4 members (excludes halogenated alkanes) is 55. The molecule has 0 aliphatic heterocycles. The second-order valence-corrected chi connectivity index (χ2v) is 26.7. The molecule has 2 aromatic carbocycles. The van der Waals surface area contributed by atoms with E-state index in [0.717, 1.165) is 81.3 Å². The molecule has 0 spiro atoms. The van der Waals surface area contributed by atoms with E-state index in [9.17, 15) is 0 Å². The van der Waals surface area contributed by atoms with Gasteiger partial charge in [0.25, 0.3) is 0 Å². The van der Waals surface area contributed by atoms with Gasteiger partial charge >= 0.3 is 0 Å². The molecule has 0 fully saturated rings. The Bertz CT molecular complexity index is 2030. The molecule has 0 saturated heterocycles. The van der Waals surface area contributed by atoms with Crippen LogP contribution in [0, 0.1) is 35.5 Å². The first-order valence-corrected chi connectivity index (χ1v) is 39.0. The van der Waals surface area contributed by atoms with Crippen LogP contribution < -0.4 is 0 Å². The molecule has 0 unspecified atom stereocenters. The van der Waals surface area contributed by atoms with E-state index in [1.807, 2.05) is 6.21 Å². The summed E-state index contributed by atoms with van der Waals surface area (Å²) < 4.78 is 0. The summed E-state index contributed by atoms with van der Waals surface area (Å²) in [4.78, 5) is 10.3. The summed E-state index contributed by atoms with van der Waals surface area (Å²) in [6, 6.07) is 17.2. The van der Waals surface area contributed by atoms with Crippen molar-refractivity contribution in [1.29, 1.82) is 0 Å². The number of aryl methyl sites for hydroxylation is 2. The van der Waals surface area contributed by atoms with Crippen LogP contribution in [0.3, 0.4) is 0 Å². The Morgan fingerprint density at radius 1 is 0.273 bits per heavy atom. The quantitative estimate of drug-likeness (QED) is 0.0273. The Morgan fingerprint density at radius 2 is 0.500 bits per heavy atom. The van der Waals surface area contributed by atoms with Crippen molar-refractivity contribution < 1.29 is 20.4 Å². The third kappa shape index (κ3) is 57.1. The summed E-state index contributed by atoms with van der Waals surface area (Å²) in [6.45, 7) is 6.91. The summed E-state index contributed by atoms with van der Waals surface area (Å²) in [5.41, 5.74) is 5.30. The largest absolute Gasteiger partial charge is 0.254 e. The molecule has 2 aromatic rings. The zero-order chi connectivity index (χ0) is 61.7. The minimum atomic E-state index is 0. The van der Waals surface area contributed by atoms with Gasteiger partial charge in [-0.2, -0.15) is 0 Å². The molecule has 0 aliphatic carbocycles. The van der Waals surface area contributed by atoms with Crippen LogP contribution in [0.15, 0.2) is 58.5 Å². The molecular formula is C85H142N2Pd. The normalized spacial score (nSPS) is 11.3. The summed E-state index contributed by atoms with van der Waals surface area (Å²) >= 11 is 0. The van der Waals surface area contributed by atoms with E-state index < -0.39 is 0 Å². The molecule has 0 aromatic heterocycles. The van der Waals surface area contributed by atoms with E-state index in [1.165, 1.54) is 345 Å². The SMILES string of the molecule is CCCCCCCCCC#CC(C=Nc1ccccc1CCCC#CCCCCCCCCCCCCCCCCCCCCCCCCC)=Nc1ccccc1CCCC#CCCCCCCCCCCCCCCCCCCCCCCCCC.[Pd]. The first-order chi connectivity index (χ1) is 43.3. The van der Waals surface area contributed by atoms with Crippen LogP contribution in [0.2, 0.25) is 0 Å². The number of aliphatic imine (C=N–C) groups is 2. The Kier molecular flexibility index (Phi) is 66.1. The molecule has 0 atom stereocenters. The molecule has 2 nitrogen and oxygen atoms in total. The summed E-state index contributed by atoms with van der Waals surface area (Å²) in [7, 11) is 0. The van der Waals surface area contributed by atoms with Gasteiger partial charge < -0.3 is 0 Å². The molecular weight excluding hydrogens is 1160 g/mol. The maximum atomic E-state index is 5.20. The molecule has 0 aliphatic rings. The summed E-state index contributed by atoms with van der Waals surface area (Å²) in [5, 5.41) is 0. The van der Waals surface area contributed by atoms with Gasteiger partial charge in [0.05, 0.1) is 17.6 Å². The number of hydrogen-bond donors (Lipinski definition) is 0. The average molecular weight is 1300 g/mol. The van der Waals surface area contributed by atoms with E-state index in [1.54, 1.807) is 0 Å². The topological polar surface area (TPSA) is 24.7 Å². The fourth-order valence-electron chi connectivity index (χ4n) is 12.4. The van der Waals surface area contributed by atoms with Crippen LogP contribution >= 0.6 is 0 Å². The molecule has 0 N–H and O–H groups in total. The maximum Gasteiger partial charge on any atom is 0.132 e. The van der Waals surface area contributed by atoms with Gasteiger partial charge in [-0.3, -0.25) is 4.99 Å². The van der Waals surface area contributed by atoms with Crippen LogP contribution in [0.4, 0.5) is 11.4 Å². The van der Waals surface area contributed by atoms with Crippen LogP contribution in [-0.2, 0) is 33.3 Å². The van der Waals surface area contributed by atoms with Crippen molar-refractivity contribution >= 4 is 23.3 Å². The van der Waals surface area contributed by atoms with E-state index in [2.05, 4.69) is 105 Å². The molecule has 88 heavy (non-hydrogen) atoms. The Labute approximate surface area is 564 Å². The van der Waals surface area contributed by atoms with Gasteiger partial charge in [0.1, 0.15) is 5.71 Å². The number of para-hydroxylation sites is 2. The first-order valence-electron chi connectivity index (χ1n) is 39.0. The van der Waals surface area contributed by atoms with Crippen molar-refractivity contribution in [3.05, 3.63) is 59.7 Å². The maximum absolute atomic E-state index is 5.20. The number of nitrogens with zero attached hydrogens (tertiary/aromatic N) is 2. The van der Waals surface area contributed by atoms with Crippen molar-refractivity contribution in [3.63, 3.8) is 0 Å². The fraction of sp³-hybridized carbons (Fsp3) is 0.765. The molecule has 502 valence electrons. The molecule has 0 radical (unpaired) electrons. The minimum Gasteiger partial charge on any atom is -0.254 e. The zero-order valence-electron chi connectivity index (χ0n) is 58.7. The average Bonchev–Trinajstić information content (AvgIpc) is 3.64. The van der Waals surface area contributed by atoms with E-state index >= 15 is 0 Å². The van der Waals surface area contributed by atoms with Crippen LogP contribution in [0.5, 0.6) is 0 Å². The van der Waals surface area contributed by atoms with Gasteiger partial charge in [-0.05, 0) is 74.1 Å². The smallest absolute Gasteiger partial charge is 0.132 e. The van der Waals surface area contributed by atoms with Crippen molar-refractivity contribution in [2.75, 3.05) is 0 Å². The van der Waals surface area contributed by atoms with Crippen molar-refractivity contribution in [1.82, 2.24) is 0 Å². The molecule has 0 saturated carbocycles. The molecule has 0 amide bonds. The second kappa shape index (κ2) is 70.0. The molecule has 0 bridgehead atoms. The van der Waals surface area contributed by atoms with E-state index in [4.69, 9.17) is 9.98 Å². The first kappa shape index (κ1) is 83.1. The van der Waals surface area contributed by atoms with Gasteiger partial charge in [0.2, 0.25) is 0 Å². The fourth-order valence-corrected chi connectivity index (χ4v) is 12.4. The second-order valence-electron chi connectivity index (χ2n) is 26.7. The third-order valence-electron chi connectivity index (χ3n) is 18.2. The number of hydrogen-bond acceptors (Lipinski definition) is 2. The Hall–Kier alpha value is -2.88. The predicted octanol–water partition coefficient (Wildman–Crippen LogP) is 28.7.